The quantitative estimate of drug-likeness (QED) is 0.366. The van der Waals surface area contributed by atoms with E-state index in [0.29, 0.717) is 32.2 Å². The van der Waals surface area contributed by atoms with Crippen LogP contribution in [0.5, 0.6) is 0 Å². The molecule has 1 rings (SSSR count). The Morgan fingerprint density at radius 1 is 1.30 bits per heavy atom. The highest BCUT2D eigenvalue weighted by molar-refractivity contribution is 7.91. The summed E-state index contributed by atoms with van der Waals surface area (Å²) >= 11 is 0. The van der Waals surface area contributed by atoms with Gasteiger partial charge in [0.05, 0.1) is 18.5 Å². The molecular formula is C13H28N2O4S. The molecule has 3 unspecified atom stereocenters. The van der Waals surface area contributed by atoms with Crippen molar-refractivity contribution in [2.75, 3.05) is 33.2 Å². The predicted molar refractivity (Wildman–Crippen MR) is 79.0 cm³/mol. The third-order valence-electron chi connectivity index (χ3n) is 4.06. The molecule has 6 nitrogen and oxygen atoms in total. The van der Waals surface area contributed by atoms with Gasteiger partial charge >= 0.3 is 0 Å². The number of nitrogens with one attached hydrogen (secondary N) is 1. The Morgan fingerprint density at radius 3 is 2.65 bits per heavy atom. The number of ether oxygens (including phenoxy) is 2. The van der Waals surface area contributed by atoms with E-state index in [9.17, 15) is 8.42 Å². The largest absolute Gasteiger partial charge is 0.382 e. The first-order valence-corrected chi connectivity index (χ1v) is 9.16. The molecule has 0 radical (unpaired) electrons. The molecule has 0 saturated heterocycles. The maximum atomic E-state index is 11.7. The summed E-state index contributed by atoms with van der Waals surface area (Å²) in [5.41, 5.74) is 2.83. The van der Waals surface area contributed by atoms with E-state index in [4.69, 9.17) is 15.3 Å². The average molecular weight is 308 g/mol. The van der Waals surface area contributed by atoms with Gasteiger partial charge in [0.1, 0.15) is 9.84 Å². The number of nitrogens with two attached hydrogens (primary N) is 1. The number of hydrogen-bond acceptors (Lipinski definition) is 6. The SMILES string of the molecule is COCCOCCC(NN)C1CCCC(S(C)(=O)=O)C1. The van der Waals surface area contributed by atoms with Gasteiger partial charge in [-0.1, -0.05) is 6.42 Å². The highest BCUT2D eigenvalue weighted by Gasteiger charge is 2.32. The molecule has 1 fully saturated rings. The lowest BCUT2D eigenvalue weighted by atomic mass is 9.82. The average Bonchev–Trinajstić information content (AvgIpc) is 2.42. The molecule has 0 spiro atoms. The number of hydrazine groups is 1. The van der Waals surface area contributed by atoms with Crippen molar-refractivity contribution >= 4 is 9.84 Å². The van der Waals surface area contributed by atoms with Crippen molar-refractivity contribution in [1.29, 1.82) is 0 Å². The van der Waals surface area contributed by atoms with Gasteiger partial charge in [0.25, 0.3) is 0 Å². The number of rotatable bonds is 9. The molecule has 3 N–H and O–H groups in total. The van der Waals surface area contributed by atoms with E-state index in [1.165, 1.54) is 6.26 Å². The fourth-order valence-electron chi connectivity index (χ4n) is 2.85. The zero-order valence-electron chi connectivity index (χ0n) is 12.5. The van der Waals surface area contributed by atoms with Crippen LogP contribution < -0.4 is 11.3 Å². The molecule has 20 heavy (non-hydrogen) atoms. The monoisotopic (exact) mass is 308 g/mol. The third-order valence-corrected chi connectivity index (χ3v) is 5.70. The van der Waals surface area contributed by atoms with Crippen molar-refractivity contribution in [3.05, 3.63) is 0 Å². The Kier molecular flexibility index (Phi) is 7.98. The summed E-state index contributed by atoms with van der Waals surface area (Å²) in [6.07, 6.45) is 5.58. The van der Waals surface area contributed by atoms with Crippen LogP contribution in [-0.4, -0.2) is 52.9 Å². The zero-order chi connectivity index (χ0) is 15.0. The van der Waals surface area contributed by atoms with Crippen LogP contribution in [0.3, 0.4) is 0 Å². The third kappa shape index (κ3) is 6.05. The van der Waals surface area contributed by atoms with Gasteiger partial charge in [-0.15, -0.1) is 0 Å². The summed E-state index contributed by atoms with van der Waals surface area (Å²) in [4.78, 5) is 0. The van der Waals surface area contributed by atoms with Crippen molar-refractivity contribution in [1.82, 2.24) is 5.43 Å². The molecule has 0 aliphatic heterocycles. The van der Waals surface area contributed by atoms with Crippen molar-refractivity contribution in [2.24, 2.45) is 11.8 Å². The van der Waals surface area contributed by atoms with Gasteiger partial charge in [-0.2, -0.15) is 0 Å². The van der Waals surface area contributed by atoms with Crippen LogP contribution in [0.1, 0.15) is 32.1 Å². The highest BCUT2D eigenvalue weighted by Crippen LogP contribution is 2.31. The molecule has 0 heterocycles. The smallest absolute Gasteiger partial charge is 0.150 e. The summed E-state index contributed by atoms with van der Waals surface area (Å²) in [7, 11) is -1.31. The van der Waals surface area contributed by atoms with Crippen LogP contribution in [0.15, 0.2) is 0 Å². The molecule has 0 amide bonds. The van der Waals surface area contributed by atoms with E-state index in [1.807, 2.05) is 0 Å². The fraction of sp³-hybridized carbons (Fsp3) is 1.00. The second kappa shape index (κ2) is 8.94. The highest BCUT2D eigenvalue weighted by atomic mass is 32.2. The zero-order valence-corrected chi connectivity index (χ0v) is 13.3. The van der Waals surface area contributed by atoms with Gasteiger partial charge in [-0.3, -0.25) is 11.3 Å². The molecule has 1 saturated carbocycles. The molecule has 1 aliphatic rings. The summed E-state index contributed by atoms with van der Waals surface area (Å²) in [6.45, 7) is 1.77. The number of hydrogen-bond donors (Lipinski definition) is 2. The Balaban J connectivity index is 2.40. The number of methoxy groups -OCH3 is 1. The minimum Gasteiger partial charge on any atom is -0.382 e. The van der Waals surface area contributed by atoms with E-state index in [1.54, 1.807) is 7.11 Å². The van der Waals surface area contributed by atoms with Crippen LogP contribution in [0.4, 0.5) is 0 Å². The van der Waals surface area contributed by atoms with E-state index < -0.39 is 9.84 Å². The second-order valence-corrected chi connectivity index (χ2v) is 7.87. The summed E-state index contributed by atoms with van der Waals surface area (Å²) < 4.78 is 33.7. The first kappa shape index (κ1) is 17.8. The summed E-state index contributed by atoms with van der Waals surface area (Å²) in [6, 6.07) is 0.113. The molecule has 3 atom stereocenters. The Labute approximate surface area is 122 Å². The van der Waals surface area contributed by atoms with Crippen molar-refractivity contribution in [2.45, 2.75) is 43.4 Å². The topological polar surface area (TPSA) is 90.7 Å². The molecule has 7 heteroatoms. The Hall–Kier alpha value is -0.210. The normalized spacial score (nSPS) is 25.6. The first-order valence-electron chi connectivity index (χ1n) is 7.20. The Bertz CT molecular complexity index is 361. The molecular weight excluding hydrogens is 280 g/mol. The minimum absolute atomic E-state index is 0.113. The number of sulfone groups is 1. The van der Waals surface area contributed by atoms with Gasteiger partial charge in [0.2, 0.25) is 0 Å². The minimum atomic E-state index is -2.95. The molecule has 0 aromatic rings. The van der Waals surface area contributed by atoms with Crippen molar-refractivity contribution in [3.63, 3.8) is 0 Å². The summed E-state index contributed by atoms with van der Waals surface area (Å²) in [5.74, 6) is 5.92. The fourth-order valence-corrected chi connectivity index (χ4v) is 4.04. The van der Waals surface area contributed by atoms with Crippen LogP contribution in [-0.2, 0) is 19.3 Å². The van der Waals surface area contributed by atoms with E-state index >= 15 is 0 Å². The van der Waals surface area contributed by atoms with Crippen LogP contribution in [0.25, 0.3) is 0 Å². The standard InChI is InChI=1S/C13H28N2O4S/c1-18-8-9-19-7-6-13(15-14)11-4-3-5-12(10-11)20(2,16)17/h11-13,15H,3-10,14H2,1-2H3. The van der Waals surface area contributed by atoms with Gasteiger partial charge < -0.3 is 9.47 Å². The van der Waals surface area contributed by atoms with Crippen LogP contribution >= 0.6 is 0 Å². The van der Waals surface area contributed by atoms with Crippen molar-refractivity contribution < 1.29 is 17.9 Å². The molecule has 0 bridgehead atoms. The van der Waals surface area contributed by atoms with Gasteiger partial charge in [0.15, 0.2) is 0 Å². The van der Waals surface area contributed by atoms with Gasteiger partial charge in [-0.25, -0.2) is 8.42 Å². The molecule has 120 valence electrons. The molecule has 0 aromatic heterocycles. The first-order chi connectivity index (χ1) is 9.49. The van der Waals surface area contributed by atoms with Crippen molar-refractivity contribution in [3.8, 4) is 0 Å². The van der Waals surface area contributed by atoms with Gasteiger partial charge in [0, 0.05) is 26.0 Å². The van der Waals surface area contributed by atoms with E-state index in [-0.39, 0.29) is 11.3 Å². The lowest BCUT2D eigenvalue weighted by molar-refractivity contribution is 0.0614. The van der Waals surface area contributed by atoms with E-state index in [0.717, 1.165) is 25.7 Å². The lowest BCUT2D eigenvalue weighted by Crippen LogP contribution is -2.44. The van der Waals surface area contributed by atoms with Gasteiger partial charge in [-0.05, 0) is 31.6 Å². The maximum absolute atomic E-state index is 11.7. The van der Waals surface area contributed by atoms with E-state index in [2.05, 4.69) is 5.43 Å². The van der Waals surface area contributed by atoms with Crippen LogP contribution in [0.2, 0.25) is 0 Å². The second-order valence-electron chi connectivity index (χ2n) is 5.55. The Morgan fingerprint density at radius 2 is 2.05 bits per heavy atom. The summed E-state index contributed by atoms with van der Waals surface area (Å²) in [5, 5.41) is -0.216. The maximum Gasteiger partial charge on any atom is 0.150 e. The molecule has 0 aromatic carbocycles. The predicted octanol–water partition coefficient (Wildman–Crippen LogP) is 0.475. The van der Waals surface area contributed by atoms with Crippen LogP contribution in [0, 0.1) is 5.92 Å². The molecule has 1 aliphatic carbocycles. The lowest BCUT2D eigenvalue weighted by Gasteiger charge is -2.33.